The van der Waals surface area contributed by atoms with Crippen LogP contribution in [0.3, 0.4) is 0 Å². The molecule has 0 fully saturated rings. The minimum Gasteiger partial charge on any atom is -0.389 e. The van der Waals surface area contributed by atoms with Gasteiger partial charge in [-0.3, -0.25) is 4.79 Å². The highest BCUT2D eigenvalue weighted by molar-refractivity contribution is 7.99. The lowest BCUT2D eigenvalue weighted by Crippen LogP contribution is -2.14. The summed E-state index contributed by atoms with van der Waals surface area (Å²) in [5, 5.41) is 12.3. The van der Waals surface area contributed by atoms with Gasteiger partial charge in [-0.15, -0.1) is 11.8 Å². The molecule has 0 heterocycles. The normalized spacial score (nSPS) is 12.0. The molecule has 1 amide bonds. The summed E-state index contributed by atoms with van der Waals surface area (Å²) >= 11 is 1.47. The van der Waals surface area contributed by atoms with E-state index in [-0.39, 0.29) is 11.7 Å². The fourth-order valence-corrected chi connectivity index (χ4v) is 2.70. The van der Waals surface area contributed by atoms with E-state index in [4.69, 9.17) is 0 Å². The van der Waals surface area contributed by atoms with Gasteiger partial charge in [0, 0.05) is 11.4 Å². The molecule has 116 valence electrons. The molecular weight excluding hydrogens is 301 g/mol. The lowest BCUT2D eigenvalue weighted by atomic mass is 10.1. The molecule has 0 saturated heterocycles. The van der Waals surface area contributed by atoms with Crippen LogP contribution < -0.4 is 5.32 Å². The van der Waals surface area contributed by atoms with E-state index in [1.807, 2.05) is 6.07 Å². The maximum absolute atomic E-state index is 12.8. The highest BCUT2D eigenvalue weighted by Gasteiger charge is 2.06. The van der Waals surface area contributed by atoms with E-state index in [1.165, 1.54) is 23.9 Å². The van der Waals surface area contributed by atoms with Gasteiger partial charge in [0.1, 0.15) is 5.82 Å². The zero-order valence-electron chi connectivity index (χ0n) is 12.3. The van der Waals surface area contributed by atoms with E-state index < -0.39 is 6.10 Å². The summed E-state index contributed by atoms with van der Waals surface area (Å²) in [6.07, 6.45) is -0.565. The van der Waals surface area contributed by atoms with Crippen LogP contribution in [0.5, 0.6) is 0 Å². The van der Waals surface area contributed by atoms with Crippen molar-refractivity contribution in [2.45, 2.75) is 18.8 Å². The number of rotatable bonds is 6. The molecule has 0 aliphatic heterocycles. The van der Waals surface area contributed by atoms with E-state index in [0.717, 1.165) is 11.1 Å². The summed E-state index contributed by atoms with van der Waals surface area (Å²) in [7, 11) is 0. The van der Waals surface area contributed by atoms with Gasteiger partial charge in [-0.2, -0.15) is 0 Å². The monoisotopic (exact) mass is 319 g/mol. The van der Waals surface area contributed by atoms with Crippen molar-refractivity contribution in [3.63, 3.8) is 0 Å². The first-order valence-corrected chi connectivity index (χ1v) is 8.10. The fourth-order valence-electron chi connectivity index (χ4n) is 1.92. The van der Waals surface area contributed by atoms with Crippen LogP contribution in [0.25, 0.3) is 0 Å². The van der Waals surface area contributed by atoms with Crippen molar-refractivity contribution >= 4 is 23.4 Å². The molecule has 2 aromatic carbocycles. The molecule has 1 atom stereocenters. The first kappa shape index (κ1) is 16.5. The second-order valence-corrected chi connectivity index (χ2v) is 5.95. The highest BCUT2D eigenvalue weighted by Crippen LogP contribution is 2.18. The summed E-state index contributed by atoms with van der Waals surface area (Å²) in [5.41, 5.74) is 2.41. The van der Waals surface area contributed by atoms with E-state index in [2.05, 4.69) is 5.32 Å². The Kier molecular flexibility index (Phi) is 5.98. The molecule has 0 aromatic heterocycles. The number of benzene rings is 2. The van der Waals surface area contributed by atoms with Crippen molar-refractivity contribution in [3.05, 3.63) is 65.5 Å². The van der Waals surface area contributed by atoms with E-state index >= 15 is 0 Å². The third-order valence-corrected chi connectivity index (χ3v) is 4.07. The Morgan fingerprint density at radius 2 is 2.00 bits per heavy atom. The average molecular weight is 319 g/mol. The van der Waals surface area contributed by atoms with Crippen LogP contribution in [0.15, 0.2) is 48.5 Å². The van der Waals surface area contributed by atoms with Crippen LogP contribution in [0, 0.1) is 5.82 Å². The molecule has 0 bridgehead atoms. The molecule has 0 saturated carbocycles. The van der Waals surface area contributed by atoms with Crippen molar-refractivity contribution in [1.82, 2.24) is 0 Å². The first-order chi connectivity index (χ1) is 10.5. The molecular formula is C17H18FNO2S. The molecule has 0 aliphatic carbocycles. The predicted octanol–water partition coefficient (Wildman–Crippen LogP) is 3.75. The Bertz CT molecular complexity index is 629. The lowest BCUT2D eigenvalue weighted by molar-refractivity contribution is -0.113. The number of anilines is 1. The van der Waals surface area contributed by atoms with Crippen LogP contribution in [0.1, 0.15) is 24.2 Å². The standard InChI is InChI=1S/C17H18FNO2S/c1-12(20)14-3-2-4-16(9-14)19-17(21)11-22-10-13-5-7-15(18)8-6-13/h2-9,12,20H,10-11H2,1H3,(H,19,21)/t12-/m0/s1. The third-order valence-electron chi connectivity index (χ3n) is 3.07. The fraction of sp³-hybridized carbons (Fsp3) is 0.235. The molecule has 5 heteroatoms. The number of nitrogens with one attached hydrogen (secondary N) is 1. The highest BCUT2D eigenvalue weighted by atomic mass is 32.2. The van der Waals surface area contributed by atoms with E-state index in [9.17, 15) is 14.3 Å². The maximum atomic E-state index is 12.8. The molecule has 2 rings (SSSR count). The van der Waals surface area contributed by atoms with Gasteiger partial charge in [0.15, 0.2) is 0 Å². The Hall–Kier alpha value is -1.85. The van der Waals surface area contributed by atoms with Gasteiger partial charge in [0.05, 0.1) is 11.9 Å². The van der Waals surface area contributed by atoms with Crippen LogP contribution in [0.2, 0.25) is 0 Å². The van der Waals surface area contributed by atoms with E-state index in [1.54, 1.807) is 37.3 Å². The zero-order chi connectivity index (χ0) is 15.9. The Morgan fingerprint density at radius 3 is 2.68 bits per heavy atom. The second kappa shape index (κ2) is 7.96. The van der Waals surface area contributed by atoms with Gasteiger partial charge < -0.3 is 10.4 Å². The van der Waals surface area contributed by atoms with Crippen LogP contribution in [-0.4, -0.2) is 16.8 Å². The van der Waals surface area contributed by atoms with Gasteiger partial charge in [-0.25, -0.2) is 4.39 Å². The molecule has 2 aromatic rings. The smallest absolute Gasteiger partial charge is 0.234 e. The van der Waals surface area contributed by atoms with Crippen molar-refractivity contribution in [2.24, 2.45) is 0 Å². The molecule has 0 aliphatic rings. The maximum Gasteiger partial charge on any atom is 0.234 e. The van der Waals surface area contributed by atoms with Crippen LogP contribution in [-0.2, 0) is 10.5 Å². The summed E-state index contributed by atoms with van der Waals surface area (Å²) in [6, 6.07) is 13.4. The first-order valence-electron chi connectivity index (χ1n) is 6.94. The SMILES string of the molecule is C[C@H](O)c1cccc(NC(=O)CSCc2ccc(F)cc2)c1. The van der Waals surface area contributed by atoms with Gasteiger partial charge in [-0.1, -0.05) is 24.3 Å². The molecule has 0 spiro atoms. The summed E-state index contributed by atoms with van der Waals surface area (Å²) in [4.78, 5) is 11.9. The number of thioether (sulfide) groups is 1. The number of aliphatic hydroxyl groups excluding tert-OH is 1. The Labute approximate surface area is 133 Å². The summed E-state index contributed by atoms with van der Waals surface area (Å²) in [5.74, 6) is 0.608. The number of hydrogen-bond donors (Lipinski definition) is 2. The van der Waals surface area contributed by atoms with Crippen LogP contribution >= 0.6 is 11.8 Å². The number of hydrogen-bond acceptors (Lipinski definition) is 3. The van der Waals surface area contributed by atoms with Crippen molar-refractivity contribution < 1.29 is 14.3 Å². The number of carbonyl (C=O) groups is 1. The number of amides is 1. The predicted molar refractivity (Wildman–Crippen MR) is 88.3 cm³/mol. The third kappa shape index (κ3) is 5.16. The van der Waals surface area contributed by atoms with Crippen molar-refractivity contribution in [1.29, 1.82) is 0 Å². The zero-order valence-corrected chi connectivity index (χ0v) is 13.1. The van der Waals surface area contributed by atoms with Gasteiger partial charge >= 0.3 is 0 Å². The number of carbonyl (C=O) groups excluding carboxylic acids is 1. The summed E-state index contributed by atoms with van der Waals surface area (Å²) < 4.78 is 12.8. The molecule has 0 unspecified atom stereocenters. The largest absolute Gasteiger partial charge is 0.389 e. The topological polar surface area (TPSA) is 49.3 Å². The number of aliphatic hydroxyl groups is 1. The minimum absolute atomic E-state index is 0.102. The van der Waals surface area contributed by atoms with Crippen molar-refractivity contribution in [2.75, 3.05) is 11.1 Å². The number of halogens is 1. The van der Waals surface area contributed by atoms with Crippen molar-refractivity contribution in [3.8, 4) is 0 Å². The van der Waals surface area contributed by atoms with Gasteiger partial charge in [-0.05, 0) is 42.3 Å². The quantitative estimate of drug-likeness (QED) is 0.852. The van der Waals surface area contributed by atoms with Crippen LogP contribution in [0.4, 0.5) is 10.1 Å². The minimum atomic E-state index is -0.565. The molecule has 3 nitrogen and oxygen atoms in total. The second-order valence-electron chi connectivity index (χ2n) is 4.97. The van der Waals surface area contributed by atoms with Gasteiger partial charge in [0.2, 0.25) is 5.91 Å². The summed E-state index contributed by atoms with van der Waals surface area (Å²) in [6.45, 7) is 1.68. The average Bonchev–Trinajstić information content (AvgIpc) is 2.49. The molecule has 0 radical (unpaired) electrons. The Morgan fingerprint density at radius 1 is 1.27 bits per heavy atom. The lowest BCUT2D eigenvalue weighted by Gasteiger charge is -2.09. The Balaban J connectivity index is 1.80. The van der Waals surface area contributed by atoms with Gasteiger partial charge in [0.25, 0.3) is 0 Å². The van der Waals surface area contributed by atoms with E-state index in [0.29, 0.717) is 17.2 Å². The molecule has 22 heavy (non-hydrogen) atoms. The molecule has 2 N–H and O–H groups in total.